The standard InChI is InChI=1S/C6H7NO2S/c8-6-7-2-4-9-3-1-5-10/h10H,2,4-5H2. The van der Waals surface area contributed by atoms with Crippen LogP contribution in [0.15, 0.2) is 4.99 Å². The van der Waals surface area contributed by atoms with Crippen molar-refractivity contribution in [3.63, 3.8) is 0 Å². The molecule has 0 N–H and O–H groups in total. The van der Waals surface area contributed by atoms with Gasteiger partial charge >= 0.3 is 0 Å². The Balaban J connectivity index is 3.12. The Kier molecular flexibility index (Phi) is 7.35. The molecule has 0 spiro atoms. The zero-order valence-corrected chi connectivity index (χ0v) is 6.23. The van der Waals surface area contributed by atoms with Gasteiger partial charge in [-0.2, -0.15) is 12.6 Å². The first-order chi connectivity index (χ1) is 4.91. The molecule has 54 valence electrons. The van der Waals surface area contributed by atoms with Gasteiger partial charge in [0.2, 0.25) is 6.08 Å². The van der Waals surface area contributed by atoms with Gasteiger partial charge in [0.05, 0.1) is 12.3 Å². The fourth-order valence-corrected chi connectivity index (χ4v) is 0.336. The lowest BCUT2D eigenvalue weighted by molar-refractivity contribution is 0.288. The van der Waals surface area contributed by atoms with Crippen molar-refractivity contribution in [2.75, 3.05) is 18.9 Å². The molecule has 0 aliphatic heterocycles. The normalized spacial score (nSPS) is 6.90. The van der Waals surface area contributed by atoms with Gasteiger partial charge in [-0.05, 0) is 5.92 Å². The fraction of sp³-hybridized carbons (Fsp3) is 0.500. The Morgan fingerprint density at radius 2 is 2.40 bits per heavy atom. The van der Waals surface area contributed by atoms with E-state index in [0.717, 1.165) is 0 Å². The zero-order valence-electron chi connectivity index (χ0n) is 5.33. The predicted octanol–water partition coefficient (Wildman–Crippen LogP) is 0.230. The molecule has 0 radical (unpaired) electrons. The molecule has 0 heterocycles. The van der Waals surface area contributed by atoms with Crippen LogP contribution in [0.2, 0.25) is 0 Å². The molecule has 0 aromatic heterocycles. The number of aliphatic imine (C=N–C) groups is 1. The van der Waals surface area contributed by atoms with E-state index in [-0.39, 0.29) is 0 Å². The number of hydrogen-bond donors (Lipinski definition) is 1. The second-order valence-corrected chi connectivity index (χ2v) is 1.57. The van der Waals surface area contributed by atoms with Gasteiger partial charge in [0.15, 0.2) is 0 Å². The number of hydrogen-bond acceptors (Lipinski definition) is 4. The molecule has 0 amide bonds. The van der Waals surface area contributed by atoms with Crippen molar-refractivity contribution < 1.29 is 9.53 Å². The van der Waals surface area contributed by atoms with Crippen molar-refractivity contribution in [3.05, 3.63) is 0 Å². The van der Waals surface area contributed by atoms with Gasteiger partial charge in [0, 0.05) is 0 Å². The van der Waals surface area contributed by atoms with Crippen molar-refractivity contribution >= 4 is 18.7 Å². The molecule has 0 unspecified atom stereocenters. The van der Waals surface area contributed by atoms with E-state index >= 15 is 0 Å². The van der Waals surface area contributed by atoms with Crippen LogP contribution in [0.4, 0.5) is 0 Å². The molecule has 0 fully saturated rings. The lowest BCUT2D eigenvalue weighted by Crippen LogP contribution is -1.91. The van der Waals surface area contributed by atoms with Crippen LogP contribution < -0.4 is 0 Å². The highest BCUT2D eigenvalue weighted by molar-refractivity contribution is 7.80. The highest BCUT2D eigenvalue weighted by Gasteiger charge is 1.77. The highest BCUT2D eigenvalue weighted by atomic mass is 32.1. The lowest BCUT2D eigenvalue weighted by Gasteiger charge is -1.88. The molecule has 0 rings (SSSR count). The van der Waals surface area contributed by atoms with Gasteiger partial charge in [-0.15, -0.1) is 0 Å². The van der Waals surface area contributed by atoms with Gasteiger partial charge < -0.3 is 4.74 Å². The van der Waals surface area contributed by atoms with Crippen LogP contribution in [0.1, 0.15) is 0 Å². The van der Waals surface area contributed by atoms with Gasteiger partial charge in [-0.1, -0.05) is 0 Å². The Bertz CT molecular complexity index is 176. The van der Waals surface area contributed by atoms with E-state index < -0.39 is 0 Å². The zero-order chi connectivity index (χ0) is 7.66. The van der Waals surface area contributed by atoms with E-state index in [4.69, 9.17) is 4.74 Å². The van der Waals surface area contributed by atoms with Crippen molar-refractivity contribution in [1.29, 1.82) is 0 Å². The maximum Gasteiger partial charge on any atom is 0.235 e. The third kappa shape index (κ3) is 7.09. The van der Waals surface area contributed by atoms with Gasteiger partial charge in [0.1, 0.15) is 12.7 Å². The summed E-state index contributed by atoms with van der Waals surface area (Å²) in [5, 5.41) is 0. The highest BCUT2D eigenvalue weighted by Crippen LogP contribution is 1.72. The summed E-state index contributed by atoms with van der Waals surface area (Å²) in [4.78, 5) is 12.8. The Morgan fingerprint density at radius 3 is 3.00 bits per heavy atom. The molecule has 0 saturated heterocycles. The Morgan fingerprint density at radius 1 is 1.60 bits per heavy atom. The fourth-order valence-electron chi connectivity index (χ4n) is 0.271. The topological polar surface area (TPSA) is 38.7 Å². The monoisotopic (exact) mass is 157 g/mol. The van der Waals surface area contributed by atoms with E-state index in [0.29, 0.717) is 18.9 Å². The minimum Gasteiger partial charge on any atom is -0.445 e. The molecule has 0 aliphatic carbocycles. The lowest BCUT2D eigenvalue weighted by atomic mass is 10.7. The van der Waals surface area contributed by atoms with E-state index in [1.807, 2.05) is 0 Å². The molecule has 0 atom stereocenters. The molecule has 3 nitrogen and oxygen atoms in total. The Hall–Kier alpha value is -0.910. The van der Waals surface area contributed by atoms with Crippen molar-refractivity contribution in [2.45, 2.75) is 0 Å². The van der Waals surface area contributed by atoms with Crippen molar-refractivity contribution in [1.82, 2.24) is 0 Å². The molecular weight excluding hydrogens is 150 g/mol. The maximum atomic E-state index is 9.50. The first-order valence-electron chi connectivity index (χ1n) is 2.66. The minimum atomic E-state index is 0.310. The largest absolute Gasteiger partial charge is 0.445 e. The van der Waals surface area contributed by atoms with Gasteiger partial charge in [-0.3, -0.25) is 0 Å². The molecule has 0 aromatic rings. The smallest absolute Gasteiger partial charge is 0.235 e. The third-order valence-corrected chi connectivity index (χ3v) is 0.751. The second-order valence-electron chi connectivity index (χ2n) is 1.26. The molecule has 0 aromatic carbocycles. The van der Waals surface area contributed by atoms with Gasteiger partial charge in [0.25, 0.3) is 0 Å². The molecule has 10 heavy (non-hydrogen) atoms. The van der Waals surface area contributed by atoms with Crippen LogP contribution in [-0.2, 0) is 9.53 Å². The van der Waals surface area contributed by atoms with E-state index in [9.17, 15) is 4.79 Å². The summed E-state index contributed by atoms with van der Waals surface area (Å²) >= 11 is 3.82. The Labute approximate surface area is 64.9 Å². The quantitative estimate of drug-likeness (QED) is 0.209. The minimum absolute atomic E-state index is 0.310. The molecule has 0 aliphatic rings. The summed E-state index contributed by atoms with van der Waals surface area (Å²) in [5.74, 6) is 3.05. The molecular formula is C6H7NO2S. The van der Waals surface area contributed by atoms with Crippen LogP contribution >= 0.6 is 12.6 Å². The first kappa shape index (κ1) is 9.09. The third-order valence-electron chi connectivity index (χ3n) is 0.593. The summed E-state index contributed by atoms with van der Waals surface area (Å²) in [6.45, 7) is 0.640. The average molecular weight is 157 g/mol. The molecule has 0 bridgehead atoms. The summed E-state index contributed by atoms with van der Waals surface area (Å²) in [6.07, 6.45) is 3.77. The van der Waals surface area contributed by atoms with Crippen LogP contribution in [0, 0.1) is 12.0 Å². The SMILES string of the molecule is O=C=NCCOC#CCS. The van der Waals surface area contributed by atoms with Crippen LogP contribution in [0.3, 0.4) is 0 Å². The summed E-state index contributed by atoms with van der Waals surface area (Å²) < 4.78 is 4.69. The summed E-state index contributed by atoms with van der Waals surface area (Å²) in [6, 6.07) is 0. The second kappa shape index (κ2) is 8.09. The predicted molar refractivity (Wildman–Crippen MR) is 40.6 cm³/mol. The average Bonchev–Trinajstić information content (AvgIpc) is 1.97. The van der Waals surface area contributed by atoms with Crippen LogP contribution in [0.25, 0.3) is 0 Å². The maximum absolute atomic E-state index is 9.50. The number of nitrogens with zero attached hydrogens (tertiary/aromatic N) is 1. The number of isocyanates is 1. The van der Waals surface area contributed by atoms with Crippen molar-refractivity contribution in [3.8, 4) is 12.0 Å². The van der Waals surface area contributed by atoms with Gasteiger partial charge in [-0.25, -0.2) is 9.79 Å². The number of ether oxygens (including phenoxy) is 1. The molecule has 4 heteroatoms. The van der Waals surface area contributed by atoms with E-state index in [1.54, 1.807) is 0 Å². The summed E-state index contributed by atoms with van der Waals surface area (Å²) in [7, 11) is 0. The van der Waals surface area contributed by atoms with E-state index in [2.05, 4.69) is 29.6 Å². The number of thiol groups is 1. The van der Waals surface area contributed by atoms with Crippen LogP contribution in [-0.4, -0.2) is 25.0 Å². The summed E-state index contributed by atoms with van der Waals surface area (Å²) in [5.41, 5.74) is 0. The van der Waals surface area contributed by atoms with Crippen LogP contribution in [0.5, 0.6) is 0 Å². The number of rotatable bonds is 3. The van der Waals surface area contributed by atoms with Crippen molar-refractivity contribution in [2.24, 2.45) is 4.99 Å². The first-order valence-corrected chi connectivity index (χ1v) is 3.29. The van der Waals surface area contributed by atoms with E-state index in [1.165, 1.54) is 6.08 Å². The number of carbonyl (C=O) groups excluding carboxylic acids is 1. The molecule has 0 saturated carbocycles.